The molecule has 0 bridgehead atoms. The molecule has 2 aromatic heterocycles. The first-order valence-corrected chi connectivity index (χ1v) is 6.83. The van der Waals surface area contributed by atoms with Crippen LogP contribution in [0.1, 0.15) is 6.04 Å². The van der Waals surface area contributed by atoms with Crippen LogP contribution in [0, 0.1) is 0 Å². The Morgan fingerprint density at radius 1 is 1.64 bits per heavy atom. The first-order chi connectivity index (χ1) is 6.90. The van der Waals surface area contributed by atoms with Gasteiger partial charge in [0.25, 0.3) is 12.0 Å². The molecular formula is C8H8IN4S+. The van der Waals surface area contributed by atoms with Gasteiger partial charge in [-0.15, -0.1) is 0 Å². The van der Waals surface area contributed by atoms with E-state index in [1.165, 1.54) is 5.03 Å². The number of aromatic nitrogens is 4. The molecule has 0 saturated carbocycles. The van der Waals surface area contributed by atoms with Crippen molar-refractivity contribution >= 4 is 45.5 Å². The number of hydrogen-bond acceptors (Lipinski definition) is 3. The molecule has 1 unspecified atom stereocenters. The van der Waals surface area contributed by atoms with E-state index in [0.717, 1.165) is 21.3 Å². The van der Waals surface area contributed by atoms with Crippen molar-refractivity contribution in [2.75, 3.05) is 10.2 Å². The van der Waals surface area contributed by atoms with Gasteiger partial charge in [0, 0.05) is 10.2 Å². The Balaban J connectivity index is 2.27. The highest BCUT2D eigenvalue weighted by atomic mass is 127. The Morgan fingerprint density at radius 3 is 3.43 bits per heavy atom. The molecule has 1 aliphatic rings. The molecule has 0 aromatic carbocycles. The van der Waals surface area contributed by atoms with Gasteiger partial charge in [-0.1, -0.05) is 34.4 Å². The Kier molecular flexibility index (Phi) is 2.12. The number of aromatic amines is 1. The highest BCUT2D eigenvalue weighted by molar-refractivity contribution is 14.1. The van der Waals surface area contributed by atoms with Crippen molar-refractivity contribution in [1.82, 2.24) is 15.0 Å². The number of nitrogens with zero attached hydrogens (tertiary/aromatic N) is 3. The molecule has 14 heavy (non-hydrogen) atoms. The van der Waals surface area contributed by atoms with Gasteiger partial charge < -0.3 is 4.98 Å². The molecule has 6 heteroatoms. The van der Waals surface area contributed by atoms with Crippen LogP contribution in [-0.4, -0.2) is 25.1 Å². The summed E-state index contributed by atoms with van der Waals surface area (Å²) >= 11 is 4.30. The van der Waals surface area contributed by atoms with Crippen LogP contribution in [0.2, 0.25) is 0 Å². The fraction of sp³-hybridized carbons (Fsp3) is 0.375. The van der Waals surface area contributed by atoms with Crippen LogP contribution in [0.25, 0.3) is 11.2 Å². The zero-order valence-electron chi connectivity index (χ0n) is 7.27. The summed E-state index contributed by atoms with van der Waals surface area (Å²) in [5, 5.41) is 1.27. The van der Waals surface area contributed by atoms with E-state index in [2.05, 4.69) is 42.1 Å². The van der Waals surface area contributed by atoms with Crippen LogP contribution in [0.3, 0.4) is 0 Å². The van der Waals surface area contributed by atoms with Gasteiger partial charge in [-0.05, 0) is 4.98 Å². The topological polar surface area (TPSA) is 45.5 Å². The lowest BCUT2D eigenvalue weighted by Gasteiger charge is -2.01. The minimum atomic E-state index is 0.579. The quantitative estimate of drug-likeness (QED) is 0.373. The van der Waals surface area contributed by atoms with Gasteiger partial charge in [-0.3, -0.25) is 0 Å². The molecule has 0 fully saturated rings. The number of thioether (sulfide) groups is 1. The maximum atomic E-state index is 4.31. The molecule has 1 atom stereocenters. The van der Waals surface area contributed by atoms with E-state index in [1.807, 2.05) is 18.1 Å². The van der Waals surface area contributed by atoms with Gasteiger partial charge in [0.05, 0.1) is 6.33 Å². The molecule has 0 aliphatic carbocycles. The van der Waals surface area contributed by atoms with Gasteiger partial charge in [0.2, 0.25) is 0 Å². The fourth-order valence-electron chi connectivity index (χ4n) is 1.62. The Bertz CT molecular complexity index is 483. The maximum Gasteiger partial charge on any atom is 0.296 e. The second-order valence-electron chi connectivity index (χ2n) is 3.18. The van der Waals surface area contributed by atoms with Crippen molar-refractivity contribution in [3.8, 4) is 0 Å². The van der Waals surface area contributed by atoms with Crippen LogP contribution in [0.15, 0.2) is 17.7 Å². The summed E-state index contributed by atoms with van der Waals surface area (Å²) in [6, 6.07) is 0.579. The summed E-state index contributed by atoms with van der Waals surface area (Å²) in [7, 11) is 0. The summed E-state index contributed by atoms with van der Waals surface area (Å²) in [4.78, 5) is 11.6. The number of halogens is 1. The van der Waals surface area contributed by atoms with Crippen molar-refractivity contribution in [1.29, 1.82) is 0 Å². The van der Waals surface area contributed by atoms with E-state index in [1.54, 1.807) is 6.33 Å². The van der Waals surface area contributed by atoms with Crippen LogP contribution >= 0.6 is 34.4 Å². The Morgan fingerprint density at radius 2 is 2.57 bits per heavy atom. The molecule has 1 aliphatic heterocycles. The monoisotopic (exact) mass is 319 g/mol. The molecule has 0 saturated heterocycles. The van der Waals surface area contributed by atoms with Crippen molar-refractivity contribution in [2.24, 2.45) is 0 Å². The molecule has 72 valence electrons. The largest absolute Gasteiger partial charge is 0.337 e. The predicted octanol–water partition coefficient (Wildman–Crippen LogP) is 1.33. The molecule has 2 aromatic rings. The van der Waals surface area contributed by atoms with Crippen LogP contribution in [0.4, 0.5) is 0 Å². The number of hydrogen-bond donors (Lipinski definition) is 1. The smallest absolute Gasteiger partial charge is 0.296 e. The maximum absolute atomic E-state index is 4.31. The van der Waals surface area contributed by atoms with E-state index >= 15 is 0 Å². The molecule has 0 spiro atoms. The first-order valence-electron chi connectivity index (χ1n) is 4.32. The van der Waals surface area contributed by atoms with Crippen LogP contribution < -0.4 is 4.57 Å². The molecular weight excluding hydrogens is 311 g/mol. The number of rotatable bonds is 1. The number of imidazole rings is 1. The van der Waals surface area contributed by atoms with Gasteiger partial charge in [-0.2, -0.15) is 4.98 Å². The minimum absolute atomic E-state index is 0.579. The number of fused-ring (bicyclic) bond motifs is 3. The van der Waals surface area contributed by atoms with E-state index < -0.39 is 0 Å². The Labute approximate surface area is 98.7 Å². The molecule has 1 N–H and O–H groups in total. The average Bonchev–Trinajstić information content (AvgIpc) is 2.82. The van der Waals surface area contributed by atoms with E-state index in [4.69, 9.17) is 0 Å². The standard InChI is InChI=1S/C8H7IN4S/c9-1-5-2-14-8-6-7(11-3-10-6)12-4-13(5)8/h3-5H,1-2H2/p+1. The lowest BCUT2D eigenvalue weighted by molar-refractivity contribution is -0.743. The SMILES string of the molecule is ICC1CSc2c3[nH]cnc3nc[n+]21. The lowest BCUT2D eigenvalue weighted by atomic mass is 10.4. The molecule has 0 amide bonds. The van der Waals surface area contributed by atoms with E-state index in [-0.39, 0.29) is 0 Å². The highest BCUT2D eigenvalue weighted by Crippen LogP contribution is 2.30. The fourth-order valence-corrected chi connectivity index (χ4v) is 4.05. The normalized spacial score (nSPS) is 20.2. The average molecular weight is 319 g/mol. The van der Waals surface area contributed by atoms with Crippen molar-refractivity contribution in [3.63, 3.8) is 0 Å². The van der Waals surface area contributed by atoms with Gasteiger partial charge in [0.15, 0.2) is 10.5 Å². The number of alkyl halides is 1. The highest BCUT2D eigenvalue weighted by Gasteiger charge is 2.30. The van der Waals surface area contributed by atoms with E-state index in [0.29, 0.717) is 6.04 Å². The van der Waals surface area contributed by atoms with Gasteiger partial charge in [0.1, 0.15) is 6.04 Å². The summed E-state index contributed by atoms with van der Waals surface area (Å²) < 4.78 is 3.38. The third-order valence-corrected chi connectivity index (χ3v) is 4.61. The molecule has 3 heterocycles. The molecule has 4 nitrogen and oxygen atoms in total. The van der Waals surface area contributed by atoms with Crippen LogP contribution in [0.5, 0.6) is 0 Å². The number of nitrogens with one attached hydrogen (secondary N) is 1. The Hall–Kier alpha value is -0.370. The summed E-state index contributed by atoms with van der Waals surface area (Å²) in [6.45, 7) is 0. The van der Waals surface area contributed by atoms with Gasteiger partial charge >= 0.3 is 0 Å². The zero-order chi connectivity index (χ0) is 9.54. The van der Waals surface area contributed by atoms with Crippen molar-refractivity contribution < 1.29 is 4.57 Å². The summed E-state index contributed by atoms with van der Waals surface area (Å²) in [5.74, 6) is 1.14. The zero-order valence-corrected chi connectivity index (χ0v) is 10.2. The number of H-pyrrole nitrogens is 1. The first kappa shape index (κ1) is 8.90. The summed E-state index contributed by atoms with van der Waals surface area (Å²) in [5.41, 5.74) is 1.89. The van der Waals surface area contributed by atoms with Gasteiger partial charge in [-0.25, -0.2) is 4.57 Å². The predicted molar refractivity (Wildman–Crippen MR) is 62.7 cm³/mol. The lowest BCUT2D eigenvalue weighted by Crippen LogP contribution is -2.39. The minimum Gasteiger partial charge on any atom is -0.337 e. The molecule has 3 rings (SSSR count). The van der Waals surface area contributed by atoms with Crippen molar-refractivity contribution in [3.05, 3.63) is 12.7 Å². The third-order valence-electron chi connectivity index (χ3n) is 2.36. The summed E-state index contributed by atoms with van der Waals surface area (Å²) in [6.07, 6.45) is 3.61. The molecule has 0 radical (unpaired) electrons. The third kappa shape index (κ3) is 1.16. The van der Waals surface area contributed by atoms with Crippen LogP contribution in [-0.2, 0) is 0 Å². The second kappa shape index (κ2) is 3.34. The van der Waals surface area contributed by atoms with Crippen molar-refractivity contribution in [2.45, 2.75) is 11.1 Å². The second-order valence-corrected chi connectivity index (χ2v) is 5.07. The van der Waals surface area contributed by atoms with E-state index in [9.17, 15) is 0 Å².